The summed E-state index contributed by atoms with van der Waals surface area (Å²) in [7, 11) is 0. The molecule has 1 fully saturated rings. The van der Waals surface area contributed by atoms with Gasteiger partial charge in [-0.1, -0.05) is 48.5 Å². The van der Waals surface area contributed by atoms with E-state index in [1.807, 2.05) is 42.7 Å². The summed E-state index contributed by atoms with van der Waals surface area (Å²) < 4.78 is 11.1. The largest absolute Gasteiger partial charge is 0.480 e. The van der Waals surface area contributed by atoms with Crippen LogP contribution in [0, 0.1) is 0 Å². The molecule has 2 aromatic carbocycles. The predicted octanol–water partition coefficient (Wildman–Crippen LogP) is 3.01. The first kappa shape index (κ1) is 24.1. The second-order valence-electron chi connectivity index (χ2n) is 8.34. The van der Waals surface area contributed by atoms with Crippen LogP contribution in [0.5, 0.6) is 0 Å². The van der Waals surface area contributed by atoms with Crippen molar-refractivity contribution in [2.45, 2.75) is 36.9 Å². The molecule has 2 aliphatic rings. The Labute approximate surface area is 202 Å². The Hall–Kier alpha value is -3.04. The third-order valence-electron chi connectivity index (χ3n) is 6.22. The monoisotopic (exact) mass is 484 g/mol. The zero-order valence-electron chi connectivity index (χ0n) is 18.9. The zero-order valence-corrected chi connectivity index (χ0v) is 19.7. The number of hydrogen-bond donors (Lipinski definition) is 3. The molecule has 0 bridgehead atoms. The molecular weight excluding hydrogens is 456 g/mol. The fourth-order valence-corrected chi connectivity index (χ4v) is 5.01. The number of benzene rings is 2. The first-order valence-electron chi connectivity index (χ1n) is 11.2. The molecule has 4 rings (SSSR count). The second-order valence-corrected chi connectivity index (χ2v) is 9.32. The number of ether oxygens (including phenoxy) is 2. The SMILES string of the molecule is CSCC[C@H](NC(=O)C1OCCC1NC(=O)OCC1c2ccccc2-c2ccccc21)C(=O)O. The average molecular weight is 485 g/mol. The van der Waals surface area contributed by atoms with Crippen molar-refractivity contribution in [3.05, 3.63) is 59.7 Å². The number of carbonyl (C=O) groups excluding carboxylic acids is 2. The van der Waals surface area contributed by atoms with E-state index in [-0.39, 0.29) is 19.1 Å². The number of carboxylic acid groups (broad SMARTS) is 1. The lowest BCUT2D eigenvalue weighted by Gasteiger charge is -2.22. The highest BCUT2D eigenvalue weighted by molar-refractivity contribution is 7.98. The molecule has 9 heteroatoms. The summed E-state index contributed by atoms with van der Waals surface area (Å²) in [5.74, 6) is -1.11. The summed E-state index contributed by atoms with van der Waals surface area (Å²) in [6.45, 7) is 0.453. The minimum atomic E-state index is -1.10. The summed E-state index contributed by atoms with van der Waals surface area (Å²) in [5.41, 5.74) is 4.51. The van der Waals surface area contributed by atoms with Crippen LogP contribution >= 0.6 is 11.8 Å². The van der Waals surface area contributed by atoms with Gasteiger partial charge in [0.1, 0.15) is 12.6 Å². The molecule has 180 valence electrons. The van der Waals surface area contributed by atoms with Gasteiger partial charge in [0.15, 0.2) is 6.10 Å². The summed E-state index contributed by atoms with van der Waals surface area (Å²) >= 11 is 1.50. The minimum absolute atomic E-state index is 0.0650. The van der Waals surface area contributed by atoms with E-state index in [2.05, 4.69) is 22.8 Å². The van der Waals surface area contributed by atoms with Crippen LogP contribution in [0.3, 0.4) is 0 Å². The third-order valence-corrected chi connectivity index (χ3v) is 6.87. The second kappa shape index (κ2) is 10.9. The lowest BCUT2D eigenvalue weighted by Crippen LogP contribution is -2.52. The van der Waals surface area contributed by atoms with Gasteiger partial charge in [-0.15, -0.1) is 0 Å². The number of nitrogens with one attached hydrogen (secondary N) is 2. The molecule has 0 radical (unpaired) electrons. The quantitative estimate of drug-likeness (QED) is 0.501. The molecule has 2 aromatic rings. The van der Waals surface area contributed by atoms with Gasteiger partial charge >= 0.3 is 12.1 Å². The summed E-state index contributed by atoms with van der Waals surface area (Å²) in [4.78, 5) is 36.7. The normalized spacial score (nSPS) is 19.7. The van der Waals surface area contributed by atoms with Gasteiger partial charge in [0.25, 0.3) is 5.91 Å². The van der Waals surface area contributed by atoms with Gasteiger partial charge in [-0.2, -0.15) is 11.8 Å². The summed E-state index contributed by atoms with van der Waals surface area (Å²) in [6, 6.07) is 14.6. The van der Waals surface area contributed by atoms with Crippen LogP contribution in [0.2, 0.25) is 0 Å². The molecule has 1 heterocycles. The zero-order chi connectivity index (χ0) is 24.1. The standard InChI is InChI=1S/C25H28N2O6S/c1-34-13-11-21(24(29)30)26-23(28)22-20(10-12-32-22)27-25(31)33-14-19-17-8-4-2-6-15(17)16-7-3-5-9-18(16)19/h2-9,19-22H,10-14H2,1H3,(H,26,28)(H,27,31)(H,29,30)/t20?,21-,22?/m0/s1. The summed E-state index contributed by atoms with van der Waals surface area (Å²) in [5, 5.41) is 14.6. The van der Waals surface area contributed by atoms with Crippen LogP contribution in [0.4, 0.5) is 4.79 Å². The molecule has 2 unspecified atom stereocenters. The Balaban J connectivity index is 1.35. The van der Waals surface area contributed by atoms with Crippen molar-refractivity contribution in [3.8, 4) is 11.1 Å². The van der Waals surface area contributed by atoms with Crippen LogP contribution in [0.25, 0.3) is 11.1 Å². The van der Waals surface area contributed by atoms with Crippen LogP contribution in [-0.4, -0.2) is 66.5 Å². The van der Waals surface area contributed by atoms with E-state index in [1.165, 1.54) is 11.8 Å². The van der Waals surface area contributed by atoms with Crippen molar-refractivity contribution >= 4 is 29.7 Å². The lowest BCUT2D eigenvalue weighted by atomic mass is 9.98. The molecule has 1 saturated heterocycles. The Kier molecular flexibility index (Phi) is 7.74. The number of rotatable bonds is 9. The number of thioether (sulfide) groups is 1. The maximum atomic E-state index is 12.7. The van der Waals surface area contributed by atoms with Crippen molar-refractivity contribution in [1.29, 1.82) is 0 Å². The van der Waals surface area contributed by atoms with Crippen molar-refractivity contribution in [3.63, 3.8) is 0 Å². The first-order valence-corrected chi connectivity index (χ1v) is 12.6. The molecular formula is C25H28N2O6S. The summed E-state index contributed by atoms with van der Waals surface area (Å²) in [6.07, 6.45) is 1.02. The Morgan fingerprint density at radius 1 is 1.12 bits per heavy atom. The topological polar surface area (TPSA) is 114 Å². The van der Waals surface area contributed by atoms with Gasteiger partial charge in [-0.3, -0.25) is 4.79 Å². The molecule has 1 aliphatic carbocycles. The number of carbonyl (C=O) groups is 3. The fourth-order valence-electron chi connectivity index (χ4n) is 4.53. The van der Waals surface area contributed by atoms with Crippen LogP contribution in [0.1, 0.15) is 29.9 Å². The van der Waals surface area contributed by atoms with Crippen LogP contribution < -0.4 is 10.6 Å². The van der Waals surface area contributed by atoms with Gasteiger partial charge in [0.05, 0.1) is 6.04 Å². The maximum absolute atomic E-state index is 12.7. The van der Waals surface area contributed by atoms with E-state index in [4.69, 9.17) is 9.47 Å². The van der Waals surface area contributed by atoms with Gasteiger partial charge in [-0.05, 0) is 47.1 Å². The van der Waals surface area contributed by atoms with E-state index in [9.17, 15) is 19.5 Å². The molecule has 0 saturated carbocycles. The van der Waals surface area contributed by atoms with Crippen LogP contribution in [0.15, 0.2) is 48.5 Å². The van der Waals surface area contributed by atoms with Crippen molar-refractivity contribution < 1.29 is 29.0 Å². The van der Waals surface area contributed by atoms with Crippen molar-refractivity contribution in [2.24, 2.45) is 0 Å². The smallest absolute Gasteiger partial charge is 0.407 e. The number of carboxylic acids is 1. The van der Waals surface area contributed by atoms with E-state index in [0.717, 1.165) is 22.3 Å². The molecule has 0 spiro atoms. The number of aliphatic carboxylic acids is 1. The van der Waals surface area contributed by atoms with E-state index in [0.29, 0.717) is 18.6 Å². The highest BCUT2D eigenvalue weighted by Crippen LogP contribution is 2.44. The number of hydrogen-bond acceptors (Lipinski definition) is 6. The van der Waals surface area contributed by atoms with Crippen LogP contribution in [-0.2, 0) is 19.1 Å². The highest BCUT2D eigenvalue weighted by atomic mass is 32.2. The maximum Gasteiger partial charge on any atom is 0.407 e. The number of fused-ring (bicyclic) bond motifs is 3. The molecule has 3 atom stereocenters. The van der Waals surface area contributed by atoms with Gasteiger partial charge in [-0.25, -0.2) is 9.59 Å². The fraction of sp³-hybridized carbons (Fsp3) is 0.400. The average Bonchev–Trinajstić information content (AvgIpc) is 3.42. The molecule has 0 aromatic heterocycles. The highest BCUT2D eigenvalue weighted by Gasteiger charge is 2.37. The van der Waals surface area contributed by atoms with E-state index in [1.54, 1.807) is 0 Å². The Bertz CT molecular complexity index is 1020. The van der Waals surface area contributed by atoms with Crippen molar-refractivity contribution in [1.82, 2.24) is 10.6 Å². The predicted molar refractivity (Wildman–Crippen MR) is 129 cm³/mol. The molecule has 8 nitrogen and oxygen atoms in total. The van der Waals surface area contributed by atoms with E-state index < -0.39 is 36.2 Å². The van der Waals surface area contributed by atoms with Crippen molar-refractivity contribution in [2.75, 3.05) is 25.2 Å². The lowest BCUT2D eigenvalue weighted by molar-refractivity contribution is -0.143. The molecule has 2 amide bonds. The van der Waals surface area contributed by atoms with Gasteiger partial charge < -0.3 is 25.2 Å². The molecule has 3 N–H and O–H groups in total. The number of amides is 2. The first-order chi connectivity index (χ1) is 16.5. The number of alkyl carbamates (subject to hydrolysis) is 1. The molecule has 1 aliphatic heterocycles. The Morgan fingerprint density at radius 2 is 1.76 bits per heavy atom. The van der Waals surface area contributed by atoms with Gasteiger partial charge in [0, 0.05) is 12.5 Å². The molecule has 34 heavy (non-hydrogen) atoms. The minimum Gasteiger partial charge on any atom is -0.480 e. The third kappa shape index (κ3) is 5.20. The van der Waals surface area contributed by atoms with E-state index >= 15 is 0 Å². The Morgan fingerprint density at radius 3 is 2.38 bits per heavy atom. The van der Waals surface area contributed by atoms with Gasteiger partial charge in [0.2, 0.25) is 0 Å².